The molecular weight excluding hydrogens is 539 g/mol. The monoisotopic (exact) mass is 565 g/mol. The van der Waals surface area contributed by atoms with Crippen molar-refractivity contribution in [3.63, 3.8) is 0 Å². The molecule has 0 fully saturated rings. The molecule has 208 valence electrons. The number of nitrogens with zero attached hydrogens (tertiary/aromatic N) is 2. The Morgan fingerprint density at radius 3 is 2.28 bits per heavy atom. The minimum Gasteiger partial charge on any atom is -0.494 e. The highest BCUT2D eigenvalue weighted by Crippen LogP contribution is 2.33. The van der Waals surface area contributed by atoms with Gasteiger partial charge in [0, 0.05) is 11.6 Å². The Bertz CT molecular complexity index is 1430. The molecule has 0 heterocycles. The highest BCUT2D eigenvalue weighted by atomic mass is 32.2. The molecule has 3 aromatic rings. The van der Waals surface area contributed by atoms with Gasteiger partial charge < -0.3 is 14.2 Å². The summed E-state index contributed by atoms with van der Waals surface area (Å²) in [5.41, 5.74) is 1.02. The first kappa shape index (κ1) is 29.3. The van der Waals surface area contributed by atoms with Crippen LogP contribution in [0.4, 0.5) is 18.9 Å². The first-order chi connectivity index (χ1) is 18.5. The number of carbonyl (C=O) groups is 1. The maximum absolute atomic E-state index is 13.7. The lowest BCUT2D eigenvalue weighted by Gasteiger charge is -2.24. The Labute approximate surface area is 223 Å². The fourth-order valence-corrected chi connectivity index (χ4v) is 4.94. The zero-order chi connectivity index (χ0) is 28.6. The van der Waals surface area contributed by atoms with Crippen LogP contribution in [-0.4, -0.2) is 47.9 Å². The summed E-state index contributed by atoms with van der Waals surface area (Å²) in [4.78, 5) is 12.6. The molecule has 9 nitrogen and oxygen atoms in total. The fraction of sp³-hybridized carbons (Fsp3) is 0.231. The molecule has 0 radical (unpaired) electrons. The van der Waals surface area contributed by atoms with Gasteiger partial charge in [-0.3, -0.25) is 9.10 Å². The standard InChI is InChI=1S/C26H26F3N3O6S/c1-4-38-20-11-9-19(10-12-20)32(39(34,35)21-13-14-23(36-2)24(15-21)37-3)17-25(33)31-30-16-18-7-5-6-8-22(18)26(27,28)29/h5-16H,4,17H2,1-3H3,(H,31,33)/b30-16-. The van der Waals surface area contributed by atoms with Crippen LogP contribution in [0.1, 0.15) is 18.1 Å². The van der Waals surface area contributed by atoms with E-state index >= 15 is 0 Å². The zero-order valence-electron chi connectivity index (χ0n) is 21.2. The van der Waals surface area contributed by atoms with Crippen LogP contribution in [0.2, 0.25) is 0 Å². The van der Waals surface area contributed by atoms with Gasteiger partial charge in [-0.25, -0.2) is 13.8 Å². The Hall–Kier alpha value is -4.26. The number of halogens is 3. The summed E-state index contributed by atoms with van der Waals surface area (Å²) < 4.78 is 83.6. The lowest BCUT2D eigenvalue weighted by molar-refractivity contribution is -0.137. The number of hydrogen-bond donors (Lipinski definition) is 1. The average Bonchev–Trinajstić information content (AvgIpc) is 2.91. The Kier molecular flexibility index (Phi) is 9.41. The third kappa shape index (κ3) is 7.19. The average molecular weight is 566 g/mol. The number of rotatable bonds is 11. The van der Waals surface area contributed by atoms with Gasteiger partial charge in [-0.1, -0.05) is 18.2 Å². The summed E-state index contributed by atoms with van der Waals surface area (Å²) in [6.07, 6.45) is -3.78. The SMILES string of the molecule is CCOc1ccc(N(CC(=O)N/N=C\c2ccccc2C(F)(F)F)S(=O)(=O)c2ccc(OC)c(OC)c2)cc1. The van der Waals surface area contributed by atoms with Gasteiger partial charge in [0.2, 0.25) is 0 Å². The van der Waals surface area contributed by atoms with E-state index in [1.165, 1.54) is 62.8 Å². The van der Waals surface area contributed by atoms with Crippen molar-refractivity contribution in [1.29, 1.82) is 0 Å². The first-order valence-electron chi connectivity index (χ1n) is 11.5. The van der Waals surface area contributed by atoms with Crippen molar-refractivity contribution in [1.82, 2.24) is 5.43 Å². The van der Waals surface area contributed by atoms with Crippen LogP contribution in [0, 0.1) is 0 Å². The van der Waals surface area contributed by atoms with Crippen molar-refractivity contribution in [2.75, 3.05) is 31.7 Å². The van der Waals surface area contributed by atoms with Crippen LogP contribution in [0.5, 0.6) is 17.2 Å². The number of hydrogen-bond acceptors (Lipinski definition) is 7. The van der Waals surface area contributed by atoms with E-state index in [-0.39, 0.29) is 21.9 Å². The van der Waals surface area contributed by atoms with Crippen LogP contribution in [0.3, 0.4) is 0 Å². The van der Waals surface area contributed by atoms with Crippen LogP contribution in [0.25, 0.3) is 0 Å². The van der Waals surface area contributed by atoms with Gasteiger partial charge in [-0.15, -0.1) is 0 Å². The third-order valence-corrected chi connectivity index (χ3v) is 7.09. The number of carbonyl (C=O) groups excluding carboxylic acids is 1. The highest BCUT2D eigenvalue weighted by molar-refractivity contribution is 7.92. The number of benzene rings is 3. The first-order valence-corrected chi connectivity index (χ1v) is 12.9. The van der Waals surface area contributed by atoms with Crippen molar-refractivity contribution < 1.29 is 40.6 Å². The highest BCUT2D eigenvalue weighted by Gasteiger charge is 2.32. The number of ether oxygens (including phenoxy) is 3. The van der Waals surface area contributed by atoms with Gasteiger partial charge in [0.25, 0.3) is 15.9 Å². The maximum atomic E-state index is 13.7. The smallest absolute Gasteiger partial charge is 0.417 e. The second-order valence-corrected chi connectivity index (χ2v) is 9.70. The Morgan fingerprint density at radius 1 is 1.00 bits per heavy atom. The van der Waals surface area contributed by atoms with Crippen molar-refractivity contribution in [2.24, 2.45) is 5.10 Å². The number of anilines is 1. The molecule has 0 saturated carbocycles. The molecule has 1 N–H and O–H groups in total. The Morgan fingerprint density at radius 2 is 1.67 bits per heavy atom. The van der Waals surface area contributed by atoms with E-state index in [0.717, 1.165) is 16.6 Å². The van der Waals surface area contributed by atoms with E-state index in [1.807, 2.05) is 0 Å². The van der Waals surface area contributed by atoms with E-state index in [1.54, 1.807) is 19.1 Å². The van der Waals surface area contributed by atoms with Gasteiger partial charge in [-0.2, -0.15) is 18.3 Å². The molecule has 0 aliphatic heterocycles. The minimum atomic E-state index is -4.62. The van der Waals surface area contributed by atoms with E-state index < -0.39 is 34.2 Å². The normalized spacial score (nSPS) is 11.7. The van der Waals surface area contributed by atoms with Gasteiger partial charge in [-0.05, 0) is 49.4 Å². The van der Waals surface area contributed by atoms with Crippen LogP contribution in [-0.2, 0) is 21.0 Å². The summed E-state index contributed by atoms with van der Waals surface area (Å²) >= 11 is 0. The van der Waals surface area contributed by atoms with Crippen molar-refractivity contribution in [3.05, 3.63) is 77.9 Å². The quantitative estimate of drug-likeness (QED) is 0.272. The molecule has 39 heavy (non-hydrogen) atoms. The molecule has 0 unspecified atom stereocenters. The van der Waals surface area contributed by atoms with Crippen LogP contribution >= 0.6 is 0 Å². The van der Waals surface area contributed by atoms with Gasteiger partial charge in [0.15, 0.2) is 11.5 Å². The van der Waals surface area contributed by atoms with Crippen molar-refractivity contribution in [3.8, 4) is 17.2 Å². The predicted octanol–water partition coefficient (Wildman–Crippen LogP) is 4.47. The van der Waals surface area contributed by atoms with E-state index in [4.69, 9.17) is 14.2 Å². The number of amides is 1. The zero-order valence-corrected chi connectivity index (χ0v) is 22.0. The summed E-state index contributed by atoms with van der Waals surface area (Å²) in [5, 5.41) is 3.60. The molecule has 0 spiro atoms. The topological polar surface area (TPSA) is 107 Å². The van der Waals surface area contributed by atoms with Crippen LogP contribution < -0.4 is 23.9 Å². The molecule has 0 atom stereocenters. The largest absolute Gasteiger partial charge is 0.494 e. The number of nitrogens with one attached hydrogen (secondary N) is 1. The molecule has 3 rings (SSSR count). The molecule has 0 aromatic heterocycles. The minimum absolute atomic E-state index is 0.134. The fourth-order valence-electron chi connectivity index (χ4n) is 3.50. The second-order valence-electron chi connectivity index (χ2n) is 7.83. The second kappa shape index (κ2) is 12.5. The van der Waals surface area contributed by atoms with Crippen LogP contribution in [0.15, 0.2) is 76.7 Å². The third-order valence-electron chi connectivity index (χ3n) is 5.33. The Balaban J connectivity index is 1.92. The number of sulfonamides is 1. The summed E-state index contributed by atoms with van der Waals surface area (Å²) in [6, 6.07) is 14.6. The van der Waals surface area contributed by atoms with Gasteiger partial charge >= 0.3 is 6.18 Å². The molecule has 13 heteroatoms. The van der Waals surface area contributed by atoms with E-state index in [9.17, 15) is 26.4 Å². The van der Waals surface area contributed by atoms with Gasteiger partial charge in [0.05, 0.1) is 43.2 Å². The summed E-state index contributed by atoms with van der Waals surface area (Å²) in [7, 11) is -1.59. The van der Waals surface area contributed by atoms with E-state index in [2.05, 4.69) is 10.5 Å². The molecular formula is C26H26F3N3O6S. The summed E-state index contributed by atoms with van der Waals surface area (Å²) in [6.45, 7) is 1.45. The maximum Gasteiger partial charge on any atom is 0.417 e. The molecule has 0 aliphatic rings. The molecule has 0 aliphatic carbocycles. The number of methoxy groups -OCH3 is 2. The number of alkyl halides is 3. The molecule has 1 amide bonds. The van der Waals surface area contributed by atoms with Crippen molar-refractivity contribution >= 4 is 27.8 Å². The molecule has 0 saturated heterocycles. The van der Waals surface area contributed by atoms with E-state index in [0.29, 0.717) is 18.1 Å². The lowest BCUT2D eigenvalue weighted by atomic mass is 10.1. The summed E-state index contributed by atoms with van der Waals surface area (Å²) in [5.74, 6) is 0.0497. The number of hydrazone groups is 1. The van der Waals surface area contributed by atoms with Gasteiger partial charge in [0.1, 0.15) is 12.3 Å². The predicted molar refractivity (Wildman–Crippen MR) is 139 cm³/mol. The molecule has 0 bridgehead atoms. The lowest BCUT2D eigenvalue weighted by Crippen LogP contribution is -2.39. The molecule has 3 aromatic carbocycles. The van der Waals surface area contributed by atoms with Crippen molar-refractivity contribution in [2.45, 2.75) is 18.0 Å².